The summed E-state index contributed by atoms with van der Waals surface area (Å²) in [7, 11) is 3.75. The zero-order valence-electron chi connectivity index (χ0n) is 8.39. The lowest BCUT2D eigenvalue weighted by molar-refractivity contribution is 0.618. The molecule has 0 bridgehead atoms. The summed E-state index contributed by atoms with van der Waals surface area (Å²) in [5.41, 5.74) is 0.432. The average Bonchev–Trinajstić information content (AvgIpc) is 2.18. The molecular weight excluding hydrogens is 178 g/mol. The second-order valence-electron chi connectivity index (χ2n) is 2.93. The molecule has 14 heavy (non-hydrogen) atoms. The normalized spacial score (nSPS) is 10.9. The van der Waals surface area contributed by atoms with Gasteiger partial charge in [0, 0.05) is 14.1 Å². The third-order valence-electron chi connectivity index (χ3n) is 1.74. The van der Waals surface area contributed by atoms with Gasteiger partial charge in [-0.05, 0) is 13.0 Å². The van der Waals surface area contributed by atoms with Crippen molar-refractivity contribution >= 4 is 11.7 Å². The minimum absolute atomic E-state index is 0.362. The van der Waals surface area contributed by atoms with Gasteiger partial charge in [-0.1, -0.05) is 0 Å². The molecule has 0 saturated heterocycles. The largest absolute Gasteiger partial charge is 0.366 e. The smallest absolute Gasteiger partial charge is 0.194 e. The SMILES string of the molecule is C/C(=N\c1nnccc1C#N)N(C)C. The van der Waals surface area contributed by atoms with Crippen LogP contribution in [0.1, 0.15) is 12.5 Å². The molecule has 5 heteroatoms. The maximum Gasteiger partial charge on any atom is 0.194 e. The van der Waals surface area contributed by atoms with E-state index in [9.17, 15) is 0 Å². The zero-order valence-corrected chi connectivity index (χ0v) is 8.39. The summed E-state index contributed by atoms with van der Waals surface area (Å²) < 4.78 is 0. The van der Waals surface area contributed by atoms with Crippen LogP contribution >= 0.6 is 0 Å². The van der Waals surface area contributed by atoms with Crippen LogP contribution in [0.5, 0.6) is 0 Å². The summed E-state index contributed by atoms with van der Waals surface area (Å²) in [6, 6.07) is 3.60. The van der Waals surface area contributed by atoms with Gasteiger partial charge in [-0.2, -0.15) is 10.4 Å². The van der Waals surface area contributed by atoms with Gasteiger partial charge in [-0.15, -0.1) is 5.10 Å². The molecule has 0 atom stereocenters. The number of hydrogen-bond acceptors (Lipinski definition) is 4. The highest BCUT2D eigenvalue weighted by Gasteiger charge is 2.02. The zero-order chi connectivity index (χ0) is 10.6. The Labute approximate surface area is 82.7 Å². The Hall–Kier alpha value is -1.96. The van der Waals surface area contributed by atoms with Crippen LogP contribution in [0.25, 0.3) is 0 Å². The van der Waals surface area contributed by atoms with Gasteiger partial charge >= 0.3 is 0 Å². The number of aliphatic imine (C=N–C) groups is 1. The Morgan fingerprint density at radius 3 is 2.86 bits per heavy atom. The maximum absolute atomic E-state index is 8.77. The Morgan fingerprint density at radius 2 is 2.29 bits per heavy atom. The van der Waals surface area contributed by atoms with Gasteiger partial charge in [0.1, 0.15) is 17.5 Å². The fraction of sp³-hybridized carbons (Fsp3) is 0.333. The number of rotatable bonds is 1. The fourth-order valence-corrected chi connectivity index (χ4v) is 0.747. The van der Waals surface area contributed by atoms with E-state index in [2.05, 4.69) is 15.2 Å². The van der Waals surface area contributed by atoms with Gasteiger partial charge in [-0.3, -0.25) is 0 Å². The highest BCUT2D eigenvalue weighted by Crippen LogP contribution is 2.12. The van der Waals surface area contributed by atoms with Crippen LogP contribution in [0.4, 0.5) is 5.82 Å². The molecule has 0 N–H and O–H groups in total. The van der Waals surface area contributed by atoms with Crippen LogP contribution in [-0.2, 0) is 0 Å². The maximum atomic E-state index is 8.77. The van der Waals surface area contributed by atoms with Gasteiger partial charge in [0.05, 0.1) is 6.20 Å². The number of amidine groups is 1. The molecule has 0 fully saturated rings. The van der Waals surface area contributed by atoms with Gasteiger partial charge < -0.3 is 4.90 Å². The average molecular weight is 189 g/mol. The molecule has 1 aromatic rings. The number of aromatic nitrogens is 2. The van der Waals surface area contributed by atoms with Crippen LogP contribution in [0.2, 0.25) is 0 Å². The van der Waals surface area contributed by atoms with E-state index in [0.29, 0.717) is 11.4 Å². The van der Waals surface area contributed by atoms with Gasteiger partial charge in [0.15, 0.2) is 5.82 Å². The van der Waals surface area contributed by atoms with Crippen molar-refractivity contribution < 1.29 is 0 Å². The van der Waals surface area contributed by atoms with Crippen LogP contribution in [0.15, 0.2) is 17.3 Å². The molecule has 72 valence electrons. The van der Waals surface area contributed by atoms with Crippen molar-refractivity contribution in [2.24, 2.45) is 4.99 Å². The molecule has 0 aliphatic carbocycles. The monoisotopic (exact) mass is 189 g/mol. The van der Waals surface area contributed by atoms with Crippen molar-refractivity contribution in [3.63, 3.8) is 0 Å². The molecular formula is C9H11N5. The van der Waals surface area contributed by atoms with Gasteiger partial charge in [-0.25, -0.2) is 4.99 Å². The van der Waals surface area contributed by atoms with Crippen LogP contribution in [0, 0.1) is 11.3 Å². The molecule has 1 rings (SSSR count). The summed E-state index contributed by atoms with van der Waals surface area (Å²) in [6.07, 6.45) is 1.47. The van der Waals surface area contributed by atoms with Crippen molar-refractivity contribution in [2.45, 2.75) is 6.92 Å². The van der Waals surface area contributed by atoms with Crippen molar-refractivity contribution in [2.75, 3.05) is 14.1 Å². The van der Waals surface area contributed by atoms with Crippen LogP contribution < -0.4 is 0 Å². The van der Waals surface area contributed by atoms with Crippen molar-refractivity contribution in [1.29, 1.82) is 5.26 Å². The first kappa shape index (κ1) is 10.1. The highest BCUT2D eigenvalue weighted by molar-refractivity contribution is 5.82. The third kappa shape index (κ3) is 2.26. The van der Waals surface area contributed by atoms with Crippen molar-refractivity contribution in [3.05, 3.63) is 17.8 Å². The molecule has 0 amide bonds. The van der Waals surface area contributed by atoms with Crippen molar-refractivity contribution in [1.82, 2.24) is 15.1 Å². The van der Waals surface area contributed by atoms with E-state index in [1.807, 2.05) is 32.0 Å². The summed E-state index contributed by atoms with van der Waals surface area (Å²) in [5, 5.41) is 16.2. The topological polar surface area (TPSA) is 65.2 Å². The second kappa shape index (κ2) is 4.33. The molecule has 0 spiro atoms. The predicted octanol–water partition coefficient (Wildman–Crippen LogP) is 0.960. The minimum Gasteiger partial charge on any atom is -0.366 e. The lowest BCUT2D eigenvalue weighted by atomic mass is 10.3. The summed E-state index contributed by atoms with van der Waals surface area (Å²) >= 11 is 0. The molecule has 0 saturated carbocycles. The third-order valence-corrected chi connectivity index (χ3v) is 1.74. The Balaban J connectivity index is 3.09. The first-order valence-corrected chi connectivity index (χ1v) is 4.09. The minimum atomic E-state index is 0.362. The summed E-state index contributed by atoms with van der Waals surface area (Å²) in [6.45, 7) is 1.84. The lowest BCUT2D eigenvalue weighted by Gasteiger charge is -2.10. The predicted molar refractivity (Wildman–Crippen MR) is 53.2 cm³/mol. The molecule has 1 heterocycles. The quantitative estimate of drug-likeness (QED) is 0.487. The highest BCUT2D eigenvalue weighted by atomic mass is 15.2. The Kier molecular flexibility index (Phi) is 3.13. The van der Waals surface area contributed by atoms with Crippen LogP contribution in [0.3, 0.4) is 0 Å². The molecule has 0 aromatic carbocycles. The van der Waals surface area contributed by atoms with E-state index in [0.717, 1.165) is 5.84 Å². The Morgan fingerprint density at radius 1 is 1.57 bits per heavy atom. The lowest BCUT2D eigenvalue weighted by Crippen LogP contribution is -2.18. The van der Waals surface area contributed by atoms with Gasteiger partial charge in [0.2, 0.25) is 0 Å². The molecule has 0 unspecified atom stereocenters. The fourth-order valence-electron chi connectivity index (χ4n) is 0.747. The van der Waals surface area contributed by atoms with Crippen LogP contribution in [-0.4, -0.2) is 35.0 Å². The first-order chi connectivity index (χ1) is 6.65. The second-order valence-corrected chi connectivity index (χ2v) is 2.93. The van der Waals surface area contributed by atoms with E-state index in [4.69, 9.17) is 5.26 Å². The van der Waals surface area contributed by atoms with E-state index < -0.39 is 0 Å². The molecule has 1 aromatic heterocycles. The van der Waals surface area contributed by atoms with E-state index >= 15 is 0 Å². The molecule has 5 nitrogen and oxygen atoms in total. The van der Waals surface area contributed by atoms with E-state index in [1.165, 1.54) is 6.20 Å². The van der Waals surface area contributed by atoms with Crippen molar-refractivity contribution in [3.8, 4) is 6.07 Å². The Bertz CT molecular complexity index is 388. The van der Waals surface area contributed by atoms with E-state index in [-0.39, 0.29) is 0 Å². The molecule has 0 aliphatic rings. The molecule has 0 radical (unpaired) electrons. The number of hydrogen-bond donors (Lipinski definition) is 0. The number of nitriles is 1. The summed E-state index contributed by atoms with van der Waals surface area (Å²) in [4.78, 5) is 6.02. The van der Waals surface area contributed by atoms with E-state index in [1.54, 1.807) is 6.07 Å². The first-order valence-electron chi connectivity index (χ1n) is 4.09. The van der Waals surface area contributed by atoms with Gasteiger partial charge in [0.25, 0.3) is 0 Å². The molecule has 0 aliphatic heterocycles. The standard InChI is InChI=1S/C9H11N5/c1-7(14(2)3)12-9-8(6-10)4-5-11-13-9/h4-5H,1-3H3/b12-7+. The summed E-state index contributed by atoms with van der Waals surface area (Å²) in [5.74, 6) is 1.14. The number of nitrogens with zero attached hydrogens (tertiary/aromatic N) is 5.